The van der Waals surface area contributed by atoms with E-state index in [2.05, 4.69) is 24.9 Å². The molecule has 0 radical (unpaired) electrons. The number of phenols is 1. The van der Waals surface area contributed by atoms with Gasteiger partial charge in [-0.2, -0.15) is 0 Å². The molecular weight excluding hydrogens is 198 g/mol. The number of allylic oxidation sites excluding steroid dienone is 1. The molecular formula is C14H21NO. The zero-order chi connectivity index (χ0) is 12.0. The summed E-state index contributed by atoms with van der Waals surface area (Å²) in [5, 5.41) is 13.1. The van der Waals surface area contributed by atoms with Crippen molar-refractivity contribution < 1.29 is 5.11 Å². The number of aryl methyl sites for hydroxylation is 1. The average molecular weight is 219 g/mol. The Hall–Kier alpha value is -1.44. The summed E-state index contributed by atoms with van der Waals surface area (Å²) in [5.41, 5.74) is 3.13. The minimum Gasteiger partial charge on any atom is -0.508 e. The van der Waals surface area contributed by atoms with Crippen LogP contribution in [0.1, 0.15) is 30.9 Å². The quantitative estimate of drug-likeness (QED) is 0.718. The number of rotatable bonds is 6. The Morgan fingerprint density at radius 3 is 2.75 bits per heavy atom. The van der Waals surface area contributed by atoms with E-state index in [9.17, 15) is 5.11 Å². The number of aromatic hydroxyl groups is 1. The first-order chi connectivity index (χ1) is 7.72. The van der Waals surface area contributed by atoms with Crippen LogP contribution in [0.25, 0.3) is 0 Å². The predicted octanol–water partition coefficient (Wildman–Crippen LogP) is 3.51. The van der Waals surface area contributed by atoms with E-state index >= 15 is 0 Å². The molecule has 0 aliphatic carbocycles. The molecule has 16 heavy (non-hydrogen) atoms. The number of hydrogen-bond acceptors (Lipinski definition) is 2. The molecule has 2 heteroatoms. The van der Waals surface area contributed by atoms with Crippen LogP contribution in [0.3, 0.4) is 0 Å². The zero-order valence-corrected chi connectivity index (χ0v) is 10.2. The Balaban J connectivity index is 3.00. The van der Waals surface area contributed by atoms with Gasteiger partial charge in [-0.1, -0.05) is 19.4 Å². The highest BCUT2D eigenvalue weighted by molar-refractivity contribution is 5.59. The van der Waals surface area contributed by atoms with Gasteiger partial charge in [0.1, 0.15) is 5.75 Å². The van der Waals surface area contributed by atoms with Gasteiger partial charge in [-0.15, -0.1) is 6.58 Å². The van der Waals surface area contributed by atoms with Gasteiger partial charge in [0, 0.05) is 18.3 Å². The summed E-state index contributed by atoms with van der Waals surface area (Å²) in [7, 11) is 1.88. The van der Waals surface area contributed by atoms with Crippen LogP contribution < -0.4 is 5.32 Å². The lowest BCUT2D eigenvalue weighted by molar-refractivity contribution is 0.469. The average Bonchev–Trinajstić information content (AvgIpc) is 2.29. The lowest BCUT2D eigenvalue weighted by Gasteiger charge is -2.12. The minimum atomic E-state index is 0.373. The van der Waals surface area contributed by atoms with Crippen LogP contribution in [0.5, 0.6) is 5.75 Å². The summed E-state index contributed by atoms with van der Waals surface area (Å²) in [4.78, 5) is 0. The summed E-state index contributed by atoms with van der Waals surface area (Å²) in [5.74, 6) is 0.373. The Morgan fingerprint density at radius 1 is 1.44 bits per heavy atom. The van der Waals surface area contributed by atoms with Crippen LogP contribution in [0.15, 0.2) is 24.8 Å². The monoisotopic (exact) mass is 219 g/mol. The minimum absolute atomic E-state index is 0.373. The van der Waals surface area contributed by atoms with Gasteiger partial charge in [-0.3, -0.25) is 0 Å². The number of unbranched alkanes of at least 4 members (excludes halogenated alkanes) is 1. The lowest BCUT2D eigenvalue weighted by Crippen LogP contribution is -1.97. The summed E-state index contributed by atoms with van der Waals surface area (Å²) < 4.78 is 0. The number of anilines is 1. The molecule has 0 spiro atoms. The third-order valence-electron chi connectivity index (χ3n) is 2.72. The number of benzene rings is 1. The summed E-state index contributed by atoms with van der Waals surface area (Å²) >= 11 is 0. The molecule has 88 valence electrons. The Labute approximate surface area is 98.0 Å². The fourth-order valence-electron chi connectivity index (χ4n) is 1.82. The molecule has 0 saturated heterocycles. The van der Waals surface area contributed by atoms with Gasteiger partial charge in [0.25, 0.3) is 0 Å². The summed E-state index contributed by atoms with van der Waals surface area (Å²) in [6.45, 7) is 5.88. The largest absolute Gasteiger partial charge is 0.508 e. The first-order valence-corrected chi connectivity index (χ1v) is 5.86. The Morgan fingerprint density at radius 2 is 2.19 bits per heavy atom. The fourth-order valence-corrected chi connectivity index (χ4v) is 1.82. The van der Waals surface area contributed by atoms with Gasteiger partial charge in [0.15, 0.2) is 0 Å². The first-order valence-electron chi connectivity index (χ1n) is 5.86. The highest BCUT2D eigenvalue weighted by atomic mass is 16.3. The Kier molecular flexibility index (Phi) is 4.90. The SMILES string of the molecule is C=CCc1c(O)cc(CCCC)cc1NC. The number of nitrogens with one attached hydrogen (secondary N) is 1. The summed E-state index contributed by atoms with van der Waals surface area (Å²) in [6, 6.07) is 3.99. The van der Waals surface area contributed by atoms with Crippen molar-refractivity contribution in [3.05, 3.63) is 35.9 Å². The van der Waals surface area contributed by atoms with Crippen molar-refractivity contribution in [1.29, 1.82) is 0 Å². The molecule has 0 amide bonds. The maximum absolute atomic E-state index is 9.95. The van der Waals surface area contributed by atoms with E-state index in [1.807, 2.05) is 19.2 Å². The van der Waals surface area contributed by atoms with Gasteiger partial charge in [-0.25, -0.2) is 0 Å². The molecule has 0 fully saturated rings. The van der Waals surface area contributed by atoms with Crippen LogP contribution >= 0.6 is 0 Å². The molecule has 0 saturated carbocycles. The van der Waals surface area contributed by atoms with Gasteiger partial charge >= 0.3 is 0 Å². The van der Waals surface area contributed by atoms with Crippen molar-refractivity contribution in [1.82, 2.24) is 0 Å². The van der Waals surface area contributed by atoms with Crippen LogP contribution in [0, 0.1) is 0 Å². The normalized spacial score (nSPS) is 10.1. The second-order valence-corrected chi connectivity index (χ2v) is 3.99. The van der Waals surface area contributed by atoms with Crippen molar-refractivity contribution in [2.24, 2.45) is 0 Å². The topological polar surface area (TPSA) is 32.3 Å². The van der Waals surface area contributed by atoms with Gasteiger partial charge in [0.05, 0.1) is 0 Å². The van der Waals surface area contributed by atoms with Gasteiger partial charge < -0.3 is 10.4 Å². The maximum Gasteiger partial charge on any atom is 0.121 e. The zero-order valence-electron chi connectivity index (χ0n) is 10.2. The highest BCUT2D eigenvalue weighted by Crippen LogP contribution is 2.29. The predicted molar refractivity (Wildman–Crippen MR) is 70.2 cm³/mol. The van der Waals surface area contributed by atoms with E-state index in [-0.39, 0.29) is 0 Å². The van der Waals surface area contributed by atoms with E-state index in [1.54, 1.807) is 0 Å². The van der Waals surface area contributed by atoms with Crippen LogP contribution in [0.2, 0.25) is 0 Å². The van der Waals surface area contributed by atoms with E-state index in [0.717, 1.165) is 24.1 Å². The number of phenolic OH excluding ortho intramolecular Hbond substituents is 1. The highest BCUT2D eigenvalue weighted by Gasteiger charge is 2.07. The van der Waals surface area contributed by atoms with Crippen molar-refractivity contribution >= 4 is 5.69 Å². The Bertz CT molecular complexity index is 358. The molecule has 0 aromatic heterocycles. The first kappa shape index (κ1) is 12.6. The molecule has 1 rings (SSSR count). The second-order valence-electron chi connectivity index (χ2n) is 3.99. The van der Waals surface area contributed by atoms with Crippen LogP contribution in [0.4, 0.5) is 5.69 Å². The van der Waals surface area contributed by atoms with Crippen molar-refractivity contribution in [3.63, 3.8) is 0 Å². The third kappa shape index (κ3) is 3.02. The lowest BCUT2D eigenvalue weighted by atomic mass is 10.0. The van der Waals surface area contributed by atoms with Crippen molar-refractivity contribution in [2.75, 3.05) is 12.4 Å². The molecule has 2 nitrogen and oxygen atoms in total. The molecule has 1 aromatic carbocycles. The van der Waals surface area contributed by atoms with Crippen molar-refractivity contribution in [2.45, 2.75) is 32.6 Å². The summed E-state index contributed by atoms with van der Waals surface area (Å²) in [6.07, 6.45) is 5.85. The third-order valence-corrected chi connectivity index (χ3v) is 2.72. The second kappa shape index (κ2) is 6.21. The van der Waals surface area contributed by atoms with Gasteiger partial charge in [0.2, 0.25) is 0 Å². The van der Waals surface area contributed by atoms with Crippen LogP contribution in [-0.2, 0) is 12.8 Å². The van der Waals surface area contributed by atoms with Gasteiger partial charge in [-0.05, 0) is 37.0 Å². The van der Waals surface area contributed by atoms with E-state index in [0.29, 0.717) is 12.2 Å². The molecule has 0 bridgehead atoms. The number of hydrogen-bond donors (Lipinski definition) is 2. The molecule has 0 unspecified atom stereocenters. The standard InChI is InChI=1S/C14H21NO/c1-4-6-8-11-9-13(15-3)12(7-5-2)14(16)10-11/h5,9-10,15-16H,2,4,6-8H2,1,3H3. The molecule has 0 aliphatic heterocycles. The van der Waals surface area contributed by atoms with E-state index in [1.165, 1.54) is 12.0 Å². The van der Waals surface area contributed by atoms with E-state index in [4.69, 9.17) is 0 Å². The van der Waals surface area contributed by atoms with E-state index < -0.39 is 0 Å². The van der Waals surface area contributed by atoms with Crippen molar-refractivity contribution in [3.8, 4) is 5.75 Å². The molecule has 0 heterocycles. The maximum atomic E-state index is 9.95. The van der Waals surface area contributed by atoms with Crippen LogP contribution in [-0.4, -0.2) is 12.2 Å². The smallest absolute Gasteiger partial charge is 0.121 e. The molecule has 1 aromatic rings. The molecule has 0 atom stereocenters. The fraction of sp³-hybridized carbons (Fsp3) is 0.429. The molecule has 0 aliphatic rings. The molecule has 2 N–H and O–H groups in total.